The van der Waals surface area contributed by atoms with E-state index in [9.17, 15) is 62.4 Å². The molecule has 0 aliphatic rings. The molecule has 2 aromatic carbocycles. The summed E-state index contributed by atoms with van der Waals surface area (Å²) in [5, 5.41) is 20.4. The van der Waals surface area contributed by atoms with Crippen molar-refractivity contribution in [3.8, 4) is 0 Å². The van der Waals surface area contributed by atoms with Crippen LogP contribution in [0.3, 0.4) is 0 Å². The van der Waals surface area contributed by atoms with E-state index in [0.29, 0.717) is 24.3 Å². The first-order chi connectivity index (χ1) is 20.9. The van der Waals surface area contributed by atoms with Crippen molar-refractivity contribution in [1.82, 2.24) is 30.7 Å². The van der Waals surface area contributed by atoms with Crippen LogP contribution in [0.4, 0.5) is 45.5 Å². The van der Waals surface area contributed by atoms with Crippen molar-refractivity contribution >= 4 is 56.1 Å². The Morgan fingerprint density at radius 2 is 0.848 bits per heavy atom. The van der Waals surface area contributed by atoms with Crippen LogP contribution in [0, 0.1) is 10.8 Å². The molecule has 0 aromatic heterocycles. The number of hydrogen-bond acceptors (Lipinski definition) is 10. The number of guanidine groups is 2. The molecule has 0 unspecified atom stereocenters. The van der Waals surface area contributed by atoms with Crippen LogP contribution in [0.1, 0.15) is 11.1 Å². The monoisotopic (exact) mass is 706 g/mol. The van der Waals surface area contributed by atoms with E-state index in [1.54, 1.807) is 21.3 Å². The predicted octanol–water partition coefficient (Wildman–Crippen LogP) is 0.593. The third-order valence-electron chi connectivity index (χ3n) is 4.39. The number of sulfonamides is 2. The van der Waals surface area contributed by atoms with Crippen LogP contribution in [0.2, 0.25) is 0 Å². The Morgan fingerprint density at radius 3 is 1.11 bits per heavy atom. The van der Waals surface area contributed by atoms with Crippen molar-refractivity contribution in [2.45, 2.75) is 22.1 Å². The van der Waals surface area contributed by atoms with Gasteiger partial charge in [-0.15, -0.1) is 0 Å². The zero-order chi connectivity index (χ0) is 35.7. The fraction of sp³-hybridized carbons (Fsp3) is 0.100. The summed E-state index contributed by atoms with van der Waals surface area (Å²) in [5.74, 6) is -1.93. The van der Waals surface area contributed by atoms with E-state index in [1.807, 2.05) is 0 Å². The van der Waals surface area contributed by atoms with Crippen molar-refractivity contribution in [2.24, 2.45) is 11.5 Å². The smallest absolute Gasteiger partial charge is 0.351 e. The highest BCUT2D eigenvalue weighted by molar-refractivity contribution is 7.90. The summed E-state index contributed by atoms with van der Waals surface area (Å²) in [6, 6.07) is 0.894. The molecule has 0 atom stereocenters. The number of benzene rings is 2. The molecule has 0 saturated heterocycles. The predicted molar refractivity (Wildman–Crippen MR) is 141 cm³/mol. The molecule has 252 valence electrons. The van der Waals surface area contributed by atoms with Crippen LogP contribution in [0.5, 0.6) is 0 Å². The summed E-state index contributed by atoms with van der Waals surface area (Å²) >= 11 is 0. The van der Waals surface area contributed by atoms with Crippen LogP contribution in [0.25, 0.3) is 0 Å². The molecule has 18 nitrogen and oxygen atoms in total. The minimum atomic E-state index is -4.96. The molecule has 46 heavy (non-hydrogen) atoms. The number of nitrogens with two attached hydrogens (primary N) is 2. The van der Waals surface area contributed by atoms with Crippen LogP contribution in [-0.4, -0.2) is 52.9 Å². The lowest BCUT2D eigenvalue weighted by Gasteiger charge is -2.14. The van der Waals surface area contributed by atoms with Gasteiger partial charge in [-0.3, -0.25) is 32.1 Å². The van der Waals surface area contributed by atoms with Gasteiger partial charge in [-0.25, -0.2) is 45.5 Å². The summed E-state index contributed by atoms with van der Waals surface area (Å²) in [5.41, 5.74) is 6.36. The molecule has 0 fully saturated rings. The first-order valence-corrected chi connectivity index (χ1v) is 14.1. The number of hydrogen-bond donors (Lipinski definition) is 10. The number of urea groups is 4. The second-order valence-electron chi connectivity index (χ2n) is 7.84. The van der Waals surface area contributed by atoms with Crippen LogP contribution >= 0.6 is 0 Å². The minimum Gasteiger partial charge on any atom is -0.351 e. The number of alkyl halides is 6. The summed E-state index contributed by atoms with van der Waals surface area (Å²) < 4.78 is 127. The first kappa shape index (κ1) is 38.4. The topological polar surface area (TPSA) is 308 Å². The zero-order valence-corrected chi connectivity index (χ0v) is 23.8. The van der Waals surface area contributed by atoms with Gasteiger partial charge in [-0.1, -0.05) is 24.3 Å². The highest BCUT2D eigenvalue weighted by Gasteiger charge is 2.38. The highest BCUT2D eigenvalue weighted by atomic mass is 32.2. The van der Waals surface area contributed by atoms with E-state index in [-0.39, 0.29) is 0 Å². The molecule has 2 aromatic rings. The molecule has 12 N–H and O–H groups in total. The van der Waals surface area contributed by atoms with Crippen molar-refractivity contribution < 1.29 is 62.4 Å². The van der Waals surface area contributed by atoms with E-state index in [0.717, 1.165) is 24.3 Å². The number of carbonyl (C=O) groups excluding carboxylic acids is 4. The fourth-order valence-corrected chi connectivity index (χ4v) is 5.08. The van der Waals surface area contributed by atoms with E-state index in [4.69, 9.17) is 10.8 Å². The number of amides is 8. The summed E-state index contributed by atoms with van der Waals surface area (Å²) in [7, 11) is -9.74. The zero-order valence-electron chi connectivity index (χ0n) is 22.1. The van der Waals surface area contributed by atoms with Gasteiger partial charge in [0.15, 0.2) is 0 Å². The molecule has 0 radical (unpaired) electrons. The molecule has 0 spiro atoms. The van der Waals surface area contributed by atoms with E-state index >= 15 is 0 Å². The third kappa shape index (κ3) is 12.1. The summed E-state index contributed by atoms with van der Waals surface area (Å²) in [6.45, 7) is 0. The maximum absolute atomic E-state index is 12.8. The maximum atomic E-state index is 12.8. The lowest BCUT2D eigenvalue weighted by Crippen LogP contribution is -2.49. The molecule has 2 rings (SSSR count). The quantitative estimate of drug-likeness (QED) is 0.122. The number of halogens is 6. The molecular formula is C20H20F6N10O8S2. The fourth-order valence-electron chi connectivity index (χ4n) is 2.81. The highest BCUT2D eigenvalue weighted by Crippen LogP contribution is 2.34. The normalized spacial score (nSPS) is 11.4. The van der Waals surface area contributed by atoms with E-state index < -0.39 is 89.4 Å². The number of carbonyl (C=O) groups is 4. The molecule has 8 amide bonds. The molecule has 0 saturated carbocycles. The van der Waals surface area contributed by atoms with Gasteiger partial charge in [-0.05, 0) is 24.3 Å². The van der Waals surface area contributed by atoms with Gasteiger partial charge >= 0.3 is 36.5 Å². The Kier molecular flexibility index (Phi) is 12.4. The van der Waals surface area contributed by atoms with Gasteiger partial charge < -0.3 is 11.5 Å². The van der Waals surface area contributed by atoms with Gasteiger partial charge in [-0.2, -0.15) is 26.3 Å². The molecule has 0 bridgehead atoms. The molecule has 0 aliphatic carbocycles. The first-order valence-electron chi connectivity index (χ1n) is 11.2. The summed E-state index contributed by atoms with van der Waals surface area (Å²) in [6.07, 6.45) is -9.91. The van der Waals surface area contributed by atoms with Crippen molar-refractivity contribution in [3.63, 3.8) is 0 Å². The second-order valence-corrected chi connectivity index (χ2v) is 11.1. The standard InChI is InChI=1S/2C10H10F3N5O4S/c2*11-10(12,13)5-3-1-2-4-6(5)23(21,22)18-9(20)17-7(14)16-8(15)19/h2*1-4H,(H6,14,15,16,17,18,19,20). The van der Waals surface area contributed by atoms with E-state index in [1.165, 1.54) is 9.44 Å². The number of nitrogens with one attached hydrogen (secondary N) is 8. The van der Waals surface area contributed by atoms with Gasteiger partial charge in [0.2, 0.25) is 11.9 Å². The Labute approximate surface area is 253 Å². The lowest BCUT2D eigenvalue weighted by atomic mass is 10.2. The van der Waals surface area contributed by atoms with Gasteiger partial charge in [0.25, 0.3) is 20.0 Å². The van der Waals surface area contributed by atoms with Crippen LogP contribution in [0.15, 0.2) is 58.3 Å². The lowest BCUT2D eigenvalue weighted by molar-refractivity contribution is -0.140. The molecule has 0 heterocycles. The van der Waals surface area contributed by atoms with E-state index in [2.05, 4.69) is 11.5 Å². The summed E-state index contributed by atoms with van der Waals surface area (Å²) in [4.78, 5) is 41.2. The SMILES string of the molecule is N=C(NC(N)=O)NC(=O)NS(=O)(=O)c1ccccc1C(F)(F)F.N=C(NC(N)=O)NC(=O)NS(=O)(=O)c1ccccc1C(F)(F)F. The number of rotatable bonds is 4. The maximum Gasteiger partial charge on any atom is 0.417 e. The number of primary amides is 2. The van der Waals surface area contributed by atoms with Crippen molar-refractivity contribution in [1.29, 1.82) is 10.8 Å². The van der Waals surface area contributed by atoms with Gasteiger partial charge in [0, 0.05) is 0 Å². The Hall–Kier alpha value is -5.66. The largest absolute Gasteiger partial charge is 0.417 e. The molecular weight excluding hydrogens is 686 g/mol. The Balaban J connectivity index is 0.000000460. The van der Waals surface area contributed by atoms with Crippen molar-refractivity contribution in [3.05, 3.63) is 59.7 Å². The Morgan fingerprint density at radius 1 is 0.565 bits per heavy atom. The van der Waals surface area contributed by atoms with Crippen LogP contribution in [-0.2, 0) is 32.4 Å². The van der Waals surface area contributed by atoms with Gasteiger partial charge in [0.1, 0.15) is 0 Å². The average molecular weight is 707 g/mol. The van der Waals surface area contributed by atoms with Crippen LogP contribution < -0.4 is 42.2 Å². The second kappa shape index (κ2) is 14.9. The van der Waals surface area contributed by atoms with Crippen molar-refractivity contribution in [2.75, 3.05) is 0 Å². The van der Waals surface area contributed by atoms with Gasteiger partial charge in [0.05, 0.1) is 20.9 Å². The Bertz CT molecular complexity index is 1620. The third-order valence-corrected chi connectivity index (χ3v) is 7.17. The average Bonchev–Trinajstić information content (AvgIpc) is 2.86. The molecule has 0 aliphatic heterocycles. The molecule has 26 heteroatoms. The minimum absolute atomic E-state index is 0.531.